The number of benzene rings is 2. The van der Waals surface area contributed by atoms with Gasteiger partial charge in [-0.05, 0) is 36.4 Å². The van der Waals surface area contributed by atoms with Crippen molar-refractivity contribution < 1.29 is 19.1 Å². The van der Waals surface area contributed by atoms with Crippen molar-refractivity contribution in [1.29, 1.82) is 0 Å². The van der Waals surface area contributed by atoms with Crippen LogP contribution in [0.2, 0.25) is 5.02 Å². The second kappa shape index (κ2) is 8.31. The molecule has 0 spiro atoms. The topological polar surface area (TPSA) is 59.1 Å². The van der Waals surface area contributed by atoms with Crippen LogP contribution in [0.1, 0.15) is 20.7 Å². The Labute approximate surface area is 163 Å². The van der Waals surface area contributed by atoms with Crippen molar-refractivity contribution in [2.24, 2.45) is 0 Å². The number of rotatable bonds is 4. The molecule has 0 aromatic heterocycles. The third-order valence-corrected chi connectivity index (χ3v) is 4.84. The van der Waals surface area contributed by atoms with E-state index in [1.165, 1.54) is 7.11 Å². The van der Waals surface area contributed by atoms with E-state index in [0.29, 0.717) is 53.8 Å². The van der Waals surface area contributed by atoms with Gasteiger partial charge in [0.15, 0.2) is 0 Å². The summed E-state index contributed by atoms with van der Waals surface area (Å²) in [6, 6.07) is 11.9. The van der Waals surface area contributed by atoms with E-state index in [1.807, 2.05) is 0 Å². The molecule has 0 aliphatic carbocycles. The maximum absolute atomic E-state index is 12.9. The number of hydrogen-bond acceptors (Lipinski definition) is 4. The number of carbonyl (C=O) groups is 2. The van der Waals surface area contributed by atoms with Crippen LogP contribution in [-0.4, -0.2) is 62.0 Å². The number of halogens is 1. The first-order valence-electron chi connectivity index (χ1n) is 8.59. The Balaban J connectivity index is 1.66. The zero-order valence-electron chi connectivity index (χ0n) is 15.3. The first-order chi connectivity index (χ1) is 13.0. The highest BCUT2D eigenvalue weighted by Gasteiger charge is 2.27. The predicted octanol–water partition coefficient (Wildman–Crippen LogP) is 2.96. The Morgan fingerprint density at radius 3 is 2.00 bits per heavy atom. The molecule has 6 nitrogen and oxygen atoms in total. The van der Waals surface area contributed by atoms with Crippen LogP contribution in [0, 0.1) is 0 Å². The SMILES string of the molecule is COc1ccc(C(=O)N2CCN(C(=O)c3ccc(Cl)cc3)CC2)c(OC)c1. The molecule has 2 aromatic rings. The quantitative estimate of drug-likeness (QED) is 0.808. The predicted molar refractivity (Wildman–Crippen MR) is 103 cm³/mol. The van der Waals surface area contributed by atoms with Crippen molar-refractivity contribution in [2.75, 3.05) is 40.4 Å². The van der Waals surface area contributed by atoms with E-state index in [1.54, 1.807) is 59.4 Å². The van der Waals surface area contributed by atoms with Crippen LogP contribution in [0.4, 0.5) is 0 Å². The van der Waals surface area contributed by atoms with Gasteiger partial charge in [-0.25, -0.2) is 0 Å². The molecule has 2 aromatic carbocycles. The standard InChI is InChI=1S/C20H21ClN2O4/c1-26-16-7-8-17(18(13-16)27-2)20(25)23-11-9-22(10-12-23)19(24)14-3-5-15(21)6-4-14/h3-8,13H,9-12H2,1-2H3. The van der Waals surface area contributed by atoms with Crippen molar-refractivity contribution >= 4 is 23.4 Å². The third kappa shape index (κ3) is 4.17. The average Bonchev–Trinajstić information content (AvgIpc) is 2.73. The van der Waals surface area contributed by atoms with Crippen LogP contribution in [0.15, 0.2) is 42.5 Å². The molecule has 7 heteroatoms. The molecule has 142 valence electrons. The van der Waals surface area contributed by atoms with Crippen molar-refractivity contribution in [1.82, 2.24) is 9.80 Å². The fourth-order valence-electron chi connectivity index (χ4n) is 3.03. The molecule has 1 aliphatic rings. The molecule has 1 aliphatic heterocycles. The summed E-state index contributed by atoms with van der Waals surface area (Å²) in [7, 11) is 3.08. The van der Waals surface area contributed by atoms with Crippen molar-refractivity contribution in [3.05, 3.63) is 58.6 Å². The van der Waals surface area contributed by atoms with E-state index >= 15 is 0 Å². The maximum atomic E-state index is 12.9. The zero-order chi connectivity index (χ0) is 19.4. The minimum absolute atomic E-state index is 0.0548. The summed E-state index contributed by atoms with van der Waals surface area (Å²) in [6.45, 7) is 1.89. The van der Waals surface area contributed by atoms with Crippen LogP contribution in [0.5, 0.6) is 11.5 Å². The molecule has 3 rings (SSSR count). The molecule has 2 amide bonds. The molecule has 0 N–H and O–H groups in total. The summed E-state index contributed by atoms with van der Waals surface area (Å²) >= 11 is 5.87. The number of nitrogens with zero attached hydrogens (tertiary/aromatic N) is 2. The molecule has 1 fully saturated rings. The van der Waals surface area contributed by atoms with Gasteiger partial charge in [-0.3, -0.25) is 9.59 Å². The summed E-state index contributed by atoms with van der Waals surface area (Å²) in [6.07, 6.45) is 0. The molecular weight excluding hydrogens is 368 g/mol. The van der Waals surface area contributed by atoms with E-state index in [9.17, 15) is 9.59 Å². The Kier molecular flexibility index (Phi) is 5.86. The Hall–Kier alpha value is -2.73. The number of methoxy groups -OCH3 is 2. The number of carbonyl (C=O) groups excluding carboxylic acids is 2. The fraction of sp³-hybridized carbons (Fsp3) is 0.300. The summed E-state index contributed by atoms with van der Waals surface area (Å²) in [5, 5.41) is 0.593. The van der Waals surface area contributed by atoms with E-state index in [2.05, 4.69) is 0 Å². The molecular formula is C20H21ClN2O4. The number of piperazine rings is 1. The lowest BCUT2D eigenvalue weighted by Crippen LogP contribution is -2.50. The molecule has 0 atom stereocenters. The smallest absolute Gasteiger partial charge is 0.257 e. The fourth-order valence-corrected chi connectivity index (χ4v) is 3.16. The lowest BCUT2D eigenvalue weighted by molar-refractivity contribution is 0.0533. The largest absolute Gasteiger partial charge is 0.497 e. The van der Waals surface area contributed by atoms with E-state index in [0.717, 1.165) is 0 Å². The monoisotopic (exact) mass is 388 g/mol. The highest BCUT2D eigenvalue weighted by molar-refractivity contribution is 6.30. The molecule has 0 radical (unpaired) electrons. The van der Waals surface area contributed by atoms with E-state index in [4.69, 9.17) is 21.1 Å². The van der Waals surface area contributed by atoms with Crippen LogP contribution in [0.3, 0.4) is 0 Å². The van der Waals surface area contributed by atoms with E-state index < -0.39 is 0 Å². The summed E-state index contributed by atoms with van der Waals surface area (Å²) < 4.78 is 10.5. The van der Waals surface area contributed by atoms with Crippen LogP contribution < -0.4 is 9.47 Å². The van der Waals surface area contributed by atoms with E-state index in [-0.39, 0.29) is 11.8 Å². The van der Waals surface area contributed by atoms with Gasteiger partial charge in [0.25, 0.3) is 11.8 Å². The third-order valence-electron chi connectivity index (χ3n) is 4.58. The average molecular weight is 389 g/mol. The second-order valence-electron chi connectivity index (χ2n) is 6.16. The van der Waals surface area contributed by atoms with Gasteiger partial charge in [0.1, 0.15) is 11.5 Å². The zero-order valence-corrected chi connectivity index (χ0v) is 16.0. The summed E-state index contributed by atoms with van der Waals surface area (Å²) in [5.41, 5.74) is 1.08. The second-order valence-corrected chi connectivity index (χ2v) is 6.59. The lowest BCUT2D eigenvalue weighted by Gasteiger charge is -2.35. The van der Waals surface area contributed by atoms with Crippen molar-refractivity contribution in [2.45, 2.75) is 0 Å². The lowest BCUT2D eigenvalue weighted by atomic mass is 10.1. The minimum Gasteiger partial charge on any atom is -0.497 e. The number of hydrogen-bond donors (Lipinski definition) is 0. The highest BCUT2D eigenvalue weighted by atomic mass is 35.5. The number of amides is 2. The first-order valence-corrected chi connectivity index (χ1v) is 8.97. The van der Waals surface area contributed by atoms with Gasteiger partial charge >= 0.3 is 0 Å². The van der Waals surface area contributed by atoms with Gasteiger partial charge in [-0.1, -0.05) is 11.6 Å². The van der Waals surface area contributed by atoms with Gasteiger partial charge in [-0.2, -0.15) is 0 Å². The van der Waals surface area contributed by atoms with Crippen LogP contribution in [0.25, 0.3) is 0 Å². The molecule has 0 saturated carbocycles. The normalized spacial score (nSPS) is 14.0. The Morgan fingerprint density at radius 1 is 0.852 bits per heavy atom. The van der Waals surface area contributed by atoms with Crippen LogP contribution in [-0.2, 0) is 0 Å². The number of ether oxygens (including phenoxy) is 2. The molecule has 1 heterocycles. The van der Waals surface area contributed by atoms with Gasteiger partial charge in [0.05, 0.1) is 19.8 Å². The van der Waals surface area contributed by atoms with Gasteiger partial charge in [0, 0.05) is 42.8 Å². The van der Waals surface area contributed by atoms with Gasteiger partial charge in [0.2, 0.25) is 0 Å². The van der Waals surface area contributed by atoms with Crippen LogP contribution >= 0.6 is 11.6 Å². The van der Waals surface area contributed by atoms with Gasteiger partial charge in [-0.15, -0.1) is 0 Å². The molecule has 0 bridgehead atoms. The minimum atomic E-state index is -0.118. The molecule has 0 unspecified atom stereocenters. The maximum Gasteiger partial charge on any atom is 0.257 e. The molecule has 27 heavy (non-hydrogen) atoms. The highest BCUT2D eigenvalue weighted by Crippen LogP contribution is 2.26. The van der Waals surface area contributed by atoms with Gasteiger partial charge < -0.3 is 19.3 Å². The molecule has 1 saturated heterocycles. The first kappa shape index (κ1) is 19.0. The summed E-state index contributed by atoms with van der Waals surface area (Å²) in [5.74, 6) is 0.926. The Bertz CT molecular complexity index is 830. The summed E-state index contributed by atoms with van der Waals surface area (Å²) in [4.78, 5) is 28.9. The Morgan fingerprint density at radius 2 is 1.44 bits per heavy atom. The van der Waals surface area contributed by atoms with Crippen molar-refractivity contribution in [3.8, 4) is 11.5 Å². The van der Waals surface area contributed by atoms with Crippen molar-refractivity contribution in [3.63, 3.8) is 0 Å².